The van der Waals surface area contributed by atoms with Gasteiger partial charge in [-0.1, -0.05) is 37.3 Å². The Bertz CT molecular complexity index is 877. The Kier molecular flexibility index (Phi) is 6.81. The Morgan fingerprint density at radius 1 is 1.11 bits per heavy atom. The van der Waals surface area contributed by atoms with E-state index in [1.54, 1.807) is 0 Å². The zero-order chi connectivity index (χ0) is 19.9. The number of nitrogens with zero attached hydrogens (tertiary/aromatic N) is 4. The zero-order valence-corrected chi connectivity index (χ0v) is 17.1. The van der Waals surface area contributed by atoms with Crippen molar-refractivity contribution in [2.24, 2.45) is 0 Å². The first-order valence-electron chi connectivity index (χ1n) is 9.99. The van der Waals surface area contributed by atoms with Crippen LogP contribution in [0.25, 0.3) is 11.2 Å². The molecule has 0 aliphatic carbocycles. The van der Waals surface area contributed by atoms with E-state index in [0.717, 1.165) is 23.4 Å². The van der Waals surface area contributed by atoms with Crippen molar-refractivity contribution < 1.29 is 4.74 Å². The average molecular weight is 383 g/mol. The molecule has 0 bridgehead atoms. The highest BCUT2D eigenvalue weighted by molar-refractivity contribution is 5.84. The van der Waals surface area contributed by atoms with Gasteiger partial charge in [0.25, 0.3) is 0 Å². The first kappa shape index (κ1) is 20.1. The van der Waals surface area contributed by atoms with Gasteiger partial charge in [-0.2, -0.15) is 9.97 Å². The third-order valence-electron chi connectivity index (χ3n) is 4.63. The molecule has 28 heavy (non-hydrogen) atoms. The van der Waals surface area contributed by atoms with Crippen LogP contribution in [0.15, 0.2) is 36.7 Å². The van der Waals surface area contributed by atoms with Gasteiger partial charge in [0.2, 0.25) is 5.95 Å². The third kappa shape index (κ3) is 4.78. The van der Waals surface area contributed by atoms with E-state index in [2.05, 4.69) is 53.1 Å². The van der Waals surface area contributed by atoms with Crippen LogP contribution in [0, 0.1) is 0 Å². The molecule has 0 aliphatic rings. The summed E-state index contributed by atoms with van der Waals surface area (Å²) in [5.41, 5.74) is 2.80. The van der Waals surface area contributed by atoms with Crippen molar-refractivity contribution in [3.63, 3.8) is 0 Å². The molecule has 7 nitrogen and oxygen atoms in total. The summed E-state index contributed by atoms with van der Waals surface area (Å²) in [7, 11) is 0. The predicted molar refractivity (Wildman–Crippen MR) is 114 cm³/mol. The second kappa shape index (κ2) is 9.50. The number of anilines is 2. The lowest BCUT2D eigenvalue weighted by atomic mass is 10.2. The molecule has 0 unspecified atom stereocenters. The Morgan fingerprint density at radius 3 is 2.57 bits per heavy atom. The minimum Gasteiger partial charge on any atom is -0.380 e. The van der Waals surface area contributed by atoms with Gasteiger partial charge in [-0.15, -0.1) is 0 Å². The van der Waals surface area contributed by atoms with E-state index < -0.39 is 0 Å². The molecule has 7 heteroatoms. The summed E-state index contributed by atoms with van der Waals surface area (Å²) in [4.78, 5) is 14.0. The van der Waals surface area contributed by atoms with E-state index in [9.17, 15) is 0 Å². The highest BCUT2D eigenvalue weighted by Gasteiger charge is 2.16. The van der Waals surface area contributed by atoms with Crippen molar-refractivity contribution in [3.05, 3.63) is 42.2 Å². The Hall–Kier alpha value is -2.67. The third-order valence-corrected chi connectivity index (χ3v) is 4.63. The lowest BCUT2D eigenvalue weighted by Crippen LogP contribution is -2.26. The molecule has 0 aliphatic heterocycles. The second-order valence-corrected chi connectivity index (χ2v) is 7.06. The molecule has 0 saturated heterocycles. The van der Waals surface area contributed by atoms with Crippen molar-refractivity contribution in [2.45, 2.75) is 52.7 Å². The van der Waals surface area contributed by atoms with Gasteiger partial charge in [-0.25, -0.2) is 4.98 Å². The van der Waals surface area contributed by atoms with Gasteiger partial charge in [0, 0.05) is 19.2 Å². The predicted octanol–water partition coefficient (Wildman–Crippen LogP) is 4.25. The molecule has 150 valence electrons. The van der Waals surface area contributed by atoms with Crippen LogP contribution in [-0.4, -0.2) is 38.8 Å². The summed E-state index contributed by atoms with van der Waals surface area (Å²) in [5, 5.41) is 6.85. The number of imidazole rings is 1. The topological polar surface area (TPSA) is 76.9 Å². The number of aromatic nitrogens is 4. The van der Waals surface area contributed by atoms with E-state index in [0.29, 0.717) is 25.7 Å². The van der Waals surface area contributed by atoms with E-state index >= 15 is 0 Å². The molecule has 3 rings (SSSR count). The Balaban J connectivity index is 1.91. The number of hydrogen-bond acceptors (Lipinski definition) is 6. The van der Waals surface area contributed by atoms with Crippen molar-refractivity contribution in [1.82, 2.24) is 19.5 Å². The maximum atomic E-state index is 5.58. The lowest BCUT2D eigenvalue weighted by molar-refractivity contribution is 0.136. The standard InChI is InChI=1S/C21H30N6O/c1-5-17(13-28-6-2)24-21-25-19(22-12-16-10-8-7-9-11-16)18-20(26-21)27(14-23-18)15(3)4/h7-11,14-15,17H,5-6,12-13H2,1-4H3,(H2,22,24,25,26)/t17-/m1/s1. The van der Waals surface area contributed by atoms with Gasteiger partial charge in [0.15, 0.2) is 17.0 Å². The van der Waals surface area contributed by atoms with Crippen molar-refractivity contribution in [3.8, 4) is 0 Å². The average Bonchev–Trinajstić information content (AvgIpc) is 3.14. The number of fused-ring (bicyclic) bond motifs is 1. The molecule has 3 aromatic rings. The molecule has 0 saturated carbocycles. The van der Waals surface area contributed by atoms with Crippen LogP contribution < -0.4 is 10.6 Å². The van der Waals surface area contributed by atoms with Crippen LogP contribution in [0.5, 0.6) is 0 Å². The van der Waals surface area contributed by atoms with Crippen molar-refractivity contribution in [1.29, 1.82) is 0 Å². The van der Waals surface area contributed by atoms with Crippen LogP contribution in [0.2, 0.25) is 0 Å². The maximum absolute atomic E-state index is 5.58. The molecule has 1 aromatic carbocycles. The van der Waals surface area contributed by atoms with Gasteiger partial charge < -0.3 is 19.9 Å². The van der Waals surface area contributed by atoms with Crippen LogP contribution in [0.1, 0.15) is 45.7 Å². The highest BCUT2D eigenvalue weighted by Crippen LogP contribution is 2.24. The molecular weight excluding hydrogens is 352 g/mol. The van der Waals surface area contributed by atoms with Crippen LogP contribution in [0.4, 0.5) is 11.8 Å². The van der Waals surface area contributed by atoms with Crippen LogP contribution in [0.3, 0.4) is 0 Å². The van der Waals surface area contributed by atoms with Crippen LogP contribution in [-0.2, 0) is 11.3 Å². The van der Waals surface area contributed by atoms with Gasteiger partial charge in [0.1, 0.15) is 0 Å². The molecular formula is C21H30N6O. The minimum atomic E-state index is 0.162. The summed E-state index contributed by atoms with van der Waals surface area (Å²) in [6, 6.07) is 10.7. The van der Waals surface area contributed by atoms with Gasteiger partial charge in [-0.05, 0) is 32.8 Å². The molecule has 0 radical (unpaired) electrons. The Labute approximate surface area is 166 Å². The number of ether oxygens (including phenoxy) is 1. The molecule has 2 N–H and O–H groups in total. The molecule has 2 aromatic heterocycles. The minimum absolute atomic E-state index is 0.162. The first-order valence-corrected chi connectivity index (χ1v) is 9.99. The SMILES string of the molecule is CCOC[C@@H](CC)Nc1nc(NCc2ccccc2)c2ncn(C(C)C)c2n1. The monoisotopic (exact) mass is 382 g/mol. The van der Waals surface area contributed by atoms with E-state index in [1.165, 1.54) is 5.56 Å². The van der Waals surface area contributed by atoms with Gasteiger partial charge >= 0.3 is 0 Å². The second-order valence-electron chi connectivity index (χ2n) is 7.06. The highest BCUT2D eigenvalue weighted by atomic mass is 16.5. The zero-order valence-electron chi connectivity index (χ0n) is 17.1. The molecule has 1 atom stereocenters. The largest absolute Gasteiger partial charge is 0.380 e. The summed E-state index contributed by atoms with van der Waals surface area (Å²) in [6.45, 7) is 10.4. The van der Waals surface area contributed by atoms with E-state index in [-0.39, 0.29) is 12.1 Å². The van der Waals surface area contributed by atoms with Gasteiger partial charge in [-0.3, -0.25) is 0 Å². The fraction of sp³-hybridized carbons (Fsp3) is 0.476. The lowest BCUT2D eigenvalue weighted by Gasteiger charge is -2.18. The fourth-order valence-electron chi connectivity index (χ4n) is 2.97. The van der Waals surface area contributed by atoms with Crippen LogP contribution >= 0.6 is 0 Å². The van der Waals surface area contributed by atoms with E-state index in [4.69, 9.17) is 14.7 Å². The number of benzene rings is 1. The fourth-order valence-corrected chi connectivity index (χ4v) is 2.97. The molecule has 0 amide bonds. The smallest absolute Gasteiger partial charge is 0.227 e. The maximum Gasteiger partial charge on any atom is 0.227 e. The quantitative estimate of drug-likeness (QED) is 0.546. The summed E-state index contributed by atoms with van der Waals surface area (Å²) >= 11 is 0. The van der Waals surface area contributed by atoms with E-state index in [1.807, 2.05) is 31.5 Å². The van der Waals surface area contributed by atoms with Gasteiger partial charge in [0.05, 0.1) is 19.0 Å². The van der Waals surface area contributed by atoms with Crippen molar-refractivity contribution >= 4 is 22.9 Å². The normalized spacial score (nSPS) is 12.5. The molecule has 0 fully saturated rings. The molecule has 0 spiro atoms. The Morgan fingerprint density at radius 2 is 1.89 bits per heavy atom. The summed E-state index contributed by atoms with van der Waals surface area (Å²) in [5.74, 6) is 1.33. The summed E-state index contributed by atoms with van der Waals surface area (Å²) in [6.07, 6.45) is 2.76. The number of hydrogen-bond donors (Lipinski definition) is 2. The molecule has 2 heterocycles. The summed E-state index contributed by atoms with van der Waals surface area (Å²) < 4.78 is 7.65. The number of rotatable bonds is 10. The van der Waals surface area contributed by atoms with Crippen molar-refractivity contribution in [2.75, 3.05) is 23.8 Å². The number of nitrogens with one attached hydrogen (secondary N) is 2. The first-order chi connectivity index (χ1) is 13.6.